The highest BCUT2D eigenvalue weighted by Crippen LogP contribution is 2.44. The first-order chi connectivity index (χ1) is 13.6. The lowest BCUT2D eigenvalue weighted by Crippen LogP contribution is -2.60. The van der Waals surface area contributed by atoms with Gasteiger partial charge < -0.3 is 4.74 Å². The van der Waals surface area contributed by atoms with Crippen LogP contribution in [0.2, 0.25) is 0 Å². The van der Waals surface area contributed by atoms with Crippen LogP contribution in [-0.2, 0) is 20.1 Å². The molecule has 0 bridgehead atoms. The highest BCUT2D eigenvalue weighted by Gasteiger charge is 2.59. The number of halogens is 2. The number of aliphatic imine (C=N–C) groups is 1. The third-order valence-electron chi connectivity index (χ3n) is 4.61. The van der Waals surface area contributed by atoms with Gasteiger partial charge in [-0.1, -0.05) is 5.11 Å². The number of hydrogen-bond acceptors (Lipinski definition) is 6. The van der Waals surface area contributed by atoms with Gasteiger partial charge in [-0.25, -0.2) is 22.0 Å². The minimum atomic E-state index is -4.61. The van der Waals surface area contributed by atoms with Crippen molar-refractivity contribution in [2.24, 2.45) is 10.1 Å². The van der Waals surface area contributed by atoms with Gasteiger partial charge in [-0.05, 0) is 65.3 Å². The number of benzene rings is 1. The molecule has 0 saturated carbocycles. The number of ether oxygens (including phenoxy) is 1. The molecule has 2 atom stereocenters. The number of rotatable bonds is 2. The lowest BCUT2D eigenvalue weighted by molar-refractivity contribution is 0.0560. The Balaban J connectivity index is 2.71. The maximum atomic E-state index is 15.4. The number of nitrogens with one attached hydrogen (secondary N) is 1. The predicted molar refractivity (Wildman–Crippen MR) is 107 cm³/mol. The molecule has 0 saturated heterocycles. The molecule has 1 heterocycles. The Morgan fingerprint density at radius 1 is 1.33 bits per heavy atom. The third-order valence-corrected chi connectivity index (χ3v) is 7.23. The zero-order valence-electron chi connectivity index (χ0n) is 17.4. The number of carbonyl (C=O) groups excluding carboxylic acids is 1. The number of amidine groups is 1. The molecule has 0 fully saturated rings. The van der Waals surface area contributed by atoms with Crippen LogP contribution in [0.5, 0.6) is 0 Å². The van der Waals surface area contributed by atoms with Crippen LogP contribution in [0, 0.1) is 5.82 Å². The maximum absolute atomic E-state index is 15.4. The average molecular weight is 443 g/mol. The van der Waals surface area contributed by atoms with E-state index in [1.54, 1.807) is 20.8 Å². The summed E-state index contributed by atoms with van der Waals surface area (Å²) in [6, 6.07) is 3.09. The first-order valence-corrected chi connectivity index (χ1v) is 10.4. The van der Waals surface area contributed by atoms with E-state index in [1.165, 1.54) is 13.8 Å². The van der Waals surface area contributed by atoms with Crippen molar-refractivity contribution in [3.05, 3.63) is 40.0 Å². The van der Waals surface area contributed by atoms with Crippen LogP contribution < -0.4 is 5.32 Å². The van der Waals surface area contributed by atoms with Crippen LogP contribution in [0.15, 0.2) is 28.3 Å². The summed E-state index contributed by atoms with van der Waals surface area (Å²) in [7, 11) is -4.61. The number of sulfone groups is 1. The van der Waals surface area contributed by atoms with Crippen LogP contribution in [-0.4, -0.2) is 36.2 Å². The van der Waals surface area contributed by atoms with Crippen molar-refractivity contribution in [1.29, 1.82) is 0 Å². The molecule has 1 amide bonds. The van der Waals surface area contributed by atoms with Gasteiger partial charge in [0.05, 0.1) is 0 Å². The fraction of sp³-hybridized carbons (Fsp3) is 0.556. The Labute approximate surface area is 173 Å². The van der Waals surface area contributed by atoms with Gasteiger partial charge in [-0.2, -0.15) is 0 Å². The number of alkyl halides is 1. The van der Waals surface area contributed by atoms with E-state index in [0.29, 0.717) is 0 Å². The summed E-state index contributed by atoms with van der Waals surface area (Å²) in [5, 5.41) is 5.60. The Kier molecular flexibility index (Phi) is 5.90. The summed E-state index contributed by atoms with van der Waals surface area (Å²) in [6.07, 6.45) is -0.993. The normalized spacial score (nSPS) is 24.9. The quantitative estimate of drug-likeness (QED) is 0.412. The predicted octanol–water partition coefficient (Wildman–Crippen LogP) is 4.41. The fourth-order valence-electron chi connectivity index (χ4n) is 2.89. The molecule has 0 spiro atoms. The molecule has 164 valence electrons. The molecule has 1 aromatic rings. The van der Waals surface area contributed by atoms with Crippen LogP contribution in [0.4, 0.5) is 19.3 Å². The number of nitrogens with zero attached hydrogens (tertiary/aromatic N) is 4. The van der Waals surface area contributed by atoms with Gasteiger partial charge in [-0.15, -0.1) is 0 Å². The fourth-order valence-corrected chi connectivity index (χ4v) is 4.56. The molecule has 1 aliphatic rings. The van der Waals surface area contributed by atoms with Gasteiger partial charge in [0, 0.05) is 16.2 Å². The van der Waals surface area contributed by atoms with Crippen LogP contribution in [0.25, 0.3) is 10.4 Å². The molecular formula is C18H23F2N5O4S. The van der Waals surface area contributed by atoms with Crippen LogP contribution >= 0.6 is 0 Å². The Morgan fingerprint density at radius 2 is 1.93 bits per heavy atom. The topological polar surface area (TPSA) is 134 Å². The summed E-state index contributed by atoms with van der Waals surface area (Å²) < 4.78 is 59.1. The van der Waals surface area contributed by atoms with E-state index in [4.69, 9.17) is 10.3 Å². The monoisotopic (exact) mass is 443 g/mol. The Hall–Kier alpha value is -2.72. The smallest absolute Gasteiger partial charge is 0.413 e. The molecule has 0 aliphatic carbocycles. The largest absolute Gasteiger partial charge is 0.444 e. The number of azide groups is 1. The van der Waals surface area contributed by atoms with Crippen molar-refractivity contribution in [3.63, 3.8) is 0 Å². The first kappa shape index (κ1) is 23.6. The third kappa shape index (κ3) is 4.10. The van der Waals surface area contributed by atoms with Gasteiger partial charge >= 0.3 is 6.09 Å². The van der Waals surface area contributed by atoms with E-state index >= 15 is 4.39 Å². The summed E-state index contributed by atoms with van der Waals surface area (Å²) in [6.45, 7) is 8.26. The number of alkyl carbamates (subject to hydrolysis) is 1. The van der Waals surface area contributed by atoms with Gasteiger partial charge in [-0.3, -0.25) is 10.3 Å². The average Bonchev–Trinajstić information content (AvgIpc) is 2.59. The molecule has 0 radical (unpaired) electrons. The first-order valence-electron chi connectivity index (χ1n) is 8.89. The summed E-state index contributed by atoms with van der Waals surface area (Å²) >= 11 is 0. The van der Waals surface area contributed by atoms with Crippen LogP contribution in [0.1, 0.15) is 47.1 Å². The summed E-state index contributed by atoms with van der Waals surface area (Å²) in [5.41, 5.74) is 2.32. The van der Waals surface area contributed by atoms with E-state index in [-0.39, 0.29) is 5.69 Å². The lowest BCUT2D eigenvalue weighted by Gasteiger charge is -2.41. The molecular weight excluding hydrogens is 420 g/mol. The highest BCUT2D eigenvalue weighted by molar-refractivity contribution is 7.94. The van der Waals surface area contributed by atoms with Gasteiger partial charge in [0.15, 0.2) is 9.84 Å². The van der Waals surface area contributed by atoms with E-state index in [2.05, 4.69) is 20.3 Å². The lowest BCUT2D eigenvalue weighted by atomic mass is 9.92. The summed E-state index contributed by atoms with van der Waals surface area (Å²) in [5.74, 6) is -1.35. The molecule has 2 rings (SSSR count). The van der Waals surface area contributed by atoms with Crippen molar-refractivity contribution in [1.82, 2.24) is 5.32 Å². The number of amides is 1. The molecule has 1 aromatic carbocycles. The van der Waals surface area contributed by atoms with E-state index < -0.39 is 54.5 Å². The van der Waals surface area contributed by atoms with Crippen molar-refractivity contribution in [2.45, 2.75) is 62.9 Å². The van der Waals surface area contributed by atoms with Crippen molar-refractivity contribution in [3.8, 4) is 0 Å². The SMILES string of the molecule is CC(C)(C)OC(=O)NC1=N[C@](C)(c2cc(N=[N+]=[N-])ccc2F)[C@@H](F)S(=O)(=O)C1(C)C. The Bertz CT molecular complexity index is 1060. The second kappa shape index (κ2) is 7.51. The molecule has 12 heteroatoms. The maximum Gasteiger partial charge on any atom is 0.413 e. The number of carbonyl (C=O) groups is 1. The van der Waals surface area contributed by atoms with Gasteiger partial charge in [0.1, 0.15) is 27.5 Å². The zero-order valence-corrected chi connectivity index (χ0v) is 18.2. The van der Waals surface area contributed by atoms with E-state index in [9.17, 15) is 17.6 Å². The minimum absolute atomic E-state index is 0.0543. The second-order valence-electron chi connectivity index (χ2n) is 8.46. The molecule has 1 N–H and O–H groups in total. The second-order valence-corrected chi connectivity index (χ2v) is 11.0. The van der Waals surface area contributed by atoms with E-state index in [0.717, 1.165) is 25.1 Å². The molecule has 30 heavy (non-hydrogen) atoms. The molecule has 0 aromatic heterocycles. The molecule has 0 unspecified atom stereocenters. The van der Waals surface area contributed by atoms with Gasteiger partial charge in [0.25, 0.3) is 0 Å². The van der Waals surface area contributed by atoms with Crippen molar-refractivity contribution in [2.75, 3.05) is 0 Å². The highest BCUT2D eigenvalue weighted by atomic mass is 32.2. The van der Waals surface area contributed by atoms with Gasteiger partial charge in [0.2, 0.25) is 5.50 Å². The summed E-state index contributed by atoms with van der Waals surface area (Å²) in [4.78, 5) is 18.9. The van der Waals surface area contributed by atoms with Crippen LogP contribution in [0.3, 0.4) is 0 Å². The van der Waals surface area contributed by atoms with Crippen molar-refractivity contribution < 1.29 is 26.7 Å². The standard InChI is InChI=1S/C18H23F2N5O4S/c1-16(2,3)29-15(26)22-14-17(4,5)30(27,28)13(20)18(6,23-14)11-9-10(24-25-21)7-8-12(11)19/h7-9,13H,1-6H3,(H,22,23,26)/t13-,18+/m0/s1. The van der Waals surface area contributed by atoms with Crippen molar-refractivity contribution >= 4 is 27.5 Å². The van der Waals surface area contributed by atoms with E-state index in [1.807, 2.05) is 0 Å². The molecule has 9 nitrogen and oxygen atoms in total. The number of hydrogen-bond donors (Lipinski definition) is 1. The minimum Gasteiger partial charge on any atom is -0.444 e. The zero-order chi connectivity index (χ0) is 23.1. The Morgan fingerprint density at radius 3 is 2.47 bits per heavy atom. The molecule has 1 aliphatic heterocycles.